The van der Waals surface area contributed by atoms with Crippen LogP contribution in [0, 0.1) is 5.41 Å². The van der Waals surface area contributed by atoms with Gasteiger partial charge in [0.05, 0.1) is 25.9 Å². The fourth-order valence-corrected chi connectivity index (χ4v) is 1.79. The maximum atomic E-state index is 8.16. The number of rotatable bonds is 2. The van der Waals surface area contributed by atoms with Gasteiger partial charge in [-0.1, -0.05) is 5.11 Å². The number of ether oxygens (including phenoxy) is 2. The Morgan fingerprint density at radius 2 is 2.42 bits per heavy atom. The summed E-state index contributed by atoms with van der Waals surface area (Å²) < 4.78 is 10.6. The molecule has 0 bridgehead atoms. The van der Waals surface area contributed by atoms with Crippen LogP contribution >= 0.6 is 0 Å². The van der Waals surface area contributed by atoms with Crippen LogP contribution in [-0.4, -0.2) is 32.5 Å². The fraction of sp³-hybridized carbons (Fsp3) is 1.00. The van der Waals surface area contributed by atoms with Crippen LogP contribution in [0.5, 0.6) is 0 Å². The summed E-state index contributed by atoms with van der Waals surface area (Å²) in [7, 11) is 0. The van der Waals surface area contributed by atoms with Crippen LogP contribution in [0.15, 0.2) is 5.11 Å². The molecule has 2 aliphatic rings. The van der Waals surface area contributed by atoms with E-state index in [0.717, 1.165) is 26.2 Å². The van der Waals surface area contributed by atoms with E-state index in [4.69, 9.17) is 15.0 Å². The van der Waals surface area contributed by atoms with E-state index in [1.54, 1.807) is 0 Å². The Kier molecular flexibility index (Phi) is 1.92. The molecule has 0 N–H and O–H groups in total. The zero-order valence-corrected chi connectivity index (χ0v) is 6.77. The average molecular weight is 169 g/mol. The van der Waals surface area contributed by atoms with E-state index in [0.29, 0.717) is 6.54 Å². The van der Waals surface area contributed by atoms with E-state index in [9.17, 15) is 0 Å². The van der Waals surface area contributed by atoms with Crippen LogP contribution in [0.4, 0.5) is 0 Å². The first-order valence-corrected chi connectivity index (χ1v) is 4.08. The lowest BCUT2D eigenvalue weighted by Gasteiger charge is -2.41. The second-order valence-electron chi connectivity index (χ2n) is 3.38. The van der Waals surface area contributed by atoms with Crippen LogP contribution in [0.2, 0.25) is 0 Å². The average Bonchev–Trinajstić information content (AvgIpc) is 2.42. The molecule has 66 valence electrons. The molecule has 1 unspecified atom stereocenters. The van der Waals surface area contributed by atoms with E-state index >= 15 is 0 Å². The third-order valence-electron chi connectivity index (χ3n) is 2.69. The zero-order chi connectivity index (χ0) is 8.44. The highest BCUT2D eigenvalue weighted by Gasteiger charge is 2.49. The van der Waals surface area contributed by atoms with Crippen molar-refractivity contribution in [3.8, 4) is 0 Å². The topological polar surface area (TPSA) is 67.2 Å². The van der Waals surface area contributed by atoms with E-state index in [2.05, 4.69) is 10.0 Å². The van der Waals surface area contributed by atoms with Gasteiger partial charge in [-0.15, -0.1) is 0 Å². The summed E-state index contributed by atoms with van der Waals surface area (Å²) in [6.07, 6.45) is 1.13. The summed E-state index contributed by atoms with van der Waals surface area (Å²) >= 11 is 0. The minimum absolute atomic E-state index is 0.0853. The summed E-state index contributed by atoms with van der Waals surface area (Å²) in [6, 6.07) is 0. The molecule has 2 saturated heterocycles. The Balaban J connectivity index is 1.99. The van der Waals surface area contributed by atoms with Crippen LogP contribution in [0.3, 0.4) is 0 Å². The minimum Gasteiger partial charge on any atom is -0.380 e. The molecule has 1 atom stereocenters. The maximum Gasteiger partial charge on any atom is 0.0732 e. The molecule has 12 heavy (non-hydrogen) atoms. The van der Waals surface area contributed by atoms with Crippen LogP contribution in [0.1, 0.15) is 6.42 Å². The zero-order valence-electron chi connectivity index (χ0n) is 6.77. The predicted octanol–water partition coefficient (Wildman–Crippen LogP) is 1.10. The molecule has 2 fully saturated rings. The SMILES string of the molecule is [N-]=[N+]=NCC1OCCC12COC2. The Labute approximate surface area is 70.3 Å². The second-order valence-corrected chi connectivity index (χ2v) is 3.38. The smallest absolute Gasteiger partial charge is 0.0732 e. The Bertz CT molecular complexity index is 221. The molecule has 2 rings (SSSR count). The Morgan fingerprint density at radius 1 is 1.58 bits per heavy atom. The van der Waals surface area contributed by atoms with Crippen molar-refractivity contribution in [1.82, 2.24) is 0 Å². The van der Waals surface area contributed by atoms with Gasteiger partial charge < -0.3 is 9.47 Å². The Morgan fingerprint density at radius 3 is 3.00 bits per heavy atom. The van der Waals surface area contributed by atoms with Gasteiger partial charge in [-0.25, -0.2) is 0 Å². The number of hydrogen-bond donors (Lipinski definition) is 0. The van der Waals surface area contributed by atoms with Gasteiger partial charge in [0.2, 0.25) is 0 Å². The van der Waals surface area contributed by atoms with Gasteiger partial charge in [-0.3, -0.25) is 0 Å². The Hall–Kier alpha value is -0.770. The van der Waals surface area contributed by atoms with E-state index in [-0.39, 0.29) is 11.5 Å². The lowest BCUT2D eigenvalue weighted by molar-refractivity contribution is -0.140. The lowest BCUT2D eigenvalue weighted by Crippen LogP contribution is -2.49. The number of hydrogen-bond acceptors (Lipinski definition) is 3. The molecule has 0 aliphatic carbocycles. The van der Waals surface area contributed by atoms with Crippen molar-refractivity contribution >= 4 is 0 Å². The molecule has 0 amide bonds. The maximum absolute atomic E-state index is 8.16. The highest BCUT2D eigenvalue weighted by Crippen LogP contribution is 2.41. The molecule has 5 nitrogen and oxygen atoms in total. The summed E-state index contributed by atoms with van der Waals surface area (Å²) in [6.45, 7) is 2.74. The molecule has 2 aliphatic heterocycles. The molecule has 0 aromatic heterocycles. The minimum atomic E-state index is 0.0853. The van der Waals surface area contributed by atoms with E-state index in [1.165, 1.54) is 0 Å². The predicted molar refractivity (Wildman–Crippen MR) is 41.6 cm³/mol. The first-order valence-electron chi connectivity index (χ1n) is 4.08. The summed E-state index contributed by atoms with van der Waals surface area (Å²) in [4.78, 5) is 2.73. The first-order chi connectivity index (χ1) is 5.87. The van der Waals surface area contributed by atoms with Crippen molar-refractivity contribution in [3.63, 3.8) is 0 Å². The molecule has 2 heterocycles. The monoisotopic (exact) mass is 169 g/mol. The van der Waals surface area contributed by atoms with Gasteiger partial charge in [-0.05, 0) is 12.0 Å². The number of nitrogens with zero attached hydrogens (tertiary/aromatic N) is 3. The summed E-state index contributed by atoms with van der Waals surface area (Å²) in [5, 5.41) is 3.53. The molecule has 0 radical (unpaired) electrons. The van der Waals surface area contributed by atoms with E-state index < -0.39 is 0 Å². The van der Waals surface area contributed by atoms with Gasteiger partial charge in [0.25, 0.3) is 0 Å². The van der Waals surface area contributed by atoms with E-state index in [1.807, 2.05) is 0 Å². The van der Waals surface area contributed by atoms with Crippen molar-refractivity contribution in [2.24, 2.45) is 10.5 Å². The van der Waals surface area contributed by atoms with Crippen molar-refractivity contribution < 1.29 is 9.47 Å². The molecule has 0 saturated carbocycles. The standard InChI is InChI=1S/C7H11N3O2/c8-10-9-3-6-7(1-2-12-6)4-11-5-7/h6H,1-5H2. The van der Waals surface area contributed by atoms with Crippen LogP contribution < -0.4 is 0 Å². The van der Waals surface area contributed by atoms with Crippen LogP contribution in [0.25, 0.3) is 10.4 Å². The largest absolute Gasteiger partial charge is 0.380 e. The molecular weight excluding hydrogens is 158 g/mol. The molecule has 1 spiro atoms. The fourth-order valence-electron chi connectivity index (χ4n) is 1.79. The van der Waals surface area contributed by atoms with Gasteiger partial charge in [0.15, 0.2) is 0 Å². The first kappa shape index (κ1) is 7.86. The highest BCUT2D eigenvalue weighted by atomic mass is 16.5. The van der Waals surface area contributed by atoms with Gasteiger partial charge in [-0.2, -0.15) is 0 Å². The van der Waals surface area contributed by atoms with Gasteiger partial charge in [0, 0.05) is 16.9 Å². The molecular formula is C7H11N3O2. The highest BCUT2D eigenvalue weighted by molar-refractivity contribution is 4.97. The normalized spacial score (nSPS) is 31.2. The summed E-state index contributed by atoms with van der Waals surface area (Å²) in [5.41, 5.74) is 8.33. The number of azide groups is 1. The summed E-state index contributed by atoms with van der Waals surface area (Å²) in [5.74, 6) is 0. The molecule has 0 aromatic rings. The second kappa shape index (κ2) is 2.94. The molecule has 5 heteroatoms. The van der Waals surface area contributed by atoms with Gasteiger partial charge in [0.1, 0.15) is 0 Å². The third-order valence-corrected chi connectivity index (χ3v) is 2.69. The lowest BCUT2D eigenvalue weighted by atomic mass is 9.79. The van der Waals surface area contributed by atoms with Gasteiger partial charge >= 0.3 is 0 Å². The van der Waals surface area contributed by atoms with Crippen molar-refractivity contribution in [2.45, 2.75) is 12.5 Å². The third kappa shape index (κ3) is 1.06. The molecule has 0 aromatic carbocycles. The van der Waals surface area contributed by atoms with Crippen LogP contribution in [-0.2, 0) is 9.47 Å². The quantitative estimate of drug-likeness (QED) is 0.353. The van der Waals surface area contributed by atoms with Crippen molar-refractivity contribution in [3.05, 3.63) is 10.4 Å². The van der Waals surface area contributed by atoms with Crippen molar-refractivity contribution in [2.75, 3.05) is 26.4 Å². The van der Waals surface area contributed by atoms with Crippen molar-refractivity contribution in [1.29, 1.82) is 0 Å².